The molecule has 0 heterocycles. The topological polar surface area (TPSA) is 50.7 Å². The summed E-state index contributed by atoms with van der Waals surface area (Å²) in [7, 11) is 1.62. The molecule has 4 nitrogen and oxygen atoms in total. The van der Waals surface area contributed by atoms with E-state index < -0.39 is 11.5 Å². The lowest BCUT2D eigenvalue weighted by Gasteiger charge is -2.46. The zero-order chi connectivity index (χ0) is 12.6. The van der Waals surface area contributed by atoms with Gasteiger partial charge in [-0.2, -0.15) is 0 Å². The summed E-state index contributed by atoms with van der Waals surface area (Å²) in [5.41, 5.74) is -0.807. The van der Waals surface area contributed by atoms with Crippen LogP contribution in [0.1, 0.15) is 47.5 Å². The zero-order valence-corrected chi connectivity index (χ0v) is 11.3. The summed E-state index contributed by atoms with van der Waals surface area (Å²) in [5, 5.41) is 13.0. The van der Waals surface area contributed by atoms with E-state index in [-0.39, 0.29) is 11.6 Å². The molecule has 0 saturated heterocycles. The van der Waals surface area contributed by atoms with Crippen molar-refractivity contribution >= 4 is 0 Å². The number of ether oxygens (including phenoxy) is 2. The Morgan fingerprint density at radius 2 is 1.75 bits per heavy atom. The molecular formula is C12H25NO3. The molecule has 0 spiro atoms. The van der Waals surface area contributed by atoms with Gasteiger partial charge in [0.15, 0.2) is 0 Å². The lowest BCUT2D eigenvalue weighted by atomic mass is 9.77. The number of aliphatic hydroxyl groups is 1. The maximum atomic E-state index is 9.66. The van der Waals surface area contributed by atoms with E-state index in [1.807, 2.05) is 34.6 Å². The molecule has 1 atom stereocenters. The van der Waals surface area contributed by atoms with Gasteiger partial charge in [-0.3, -0.25) is 5.32 Å². The summed E-state index contributed by atoms with van der Waals surface area (Å²) in [6.45, 7) is 9.68. The molecule has 1 aliphatic carbocycles. The Morgan fingerprint density at radius 3 is 2.06 bits per heavy atom. The number of rotatable bonds is 4. The van der Waals surface area contributed by atoms with E-state index in [4.69, 9.17) is 9.47 Å². The van der Waals surface area contributed by atoms with Gasteiger partial charge in [0.2, 0.25) is 5.91 Å². The van der Waals surface area contributed by atoms with Gasteiger partial charge in [0, 0.05) is 20.1 Å². The Balaban J connectivity index is 2.48. The Morgan fingerprint density at radius 1 is 1.25 bits per heavy atom. The highest BCUT2D eigenvalue weighted by atomic mass is 16.7. The molecule has 0 amide bonds. The molecule has 16 heavy (non-hydrogen) atoms. The molecule has 1 fully saturated rings. The Kier molecular flexibility index (Phi) is 3.70. The minimum Gasteiger partial charge on any atom is -0.390 e. The van der Waals surface area contributed by atoms with E-state index in [2.05, 4.69) is 5.32 Å². The summed E-state index contributed by atoms with van der Waals surface area (Å²) in [4.78, 5) is 0. The predicted molar refractivity (Wildman–Crippen MR) is 63.0 cm³/mol. The number of hydrogen-bond donors (Lipinski definition) is 2. The highest BCUT2D eigenvalue weighted by Gasteiger charge is 2.43. The monoisotopic (exact) mass is 231 g/mol. The van der Waals surface area contributed by atoms with E-state index in [1.165, 1.54) is 0 Å². The van der Waals surface area contributed by atoms with Crippen LogP contribution in [0.3, 0.4) is 0 Å². The van der Waals surface area contributed by atoms with Crippen molar-refractivity contribution < 1.29 is 14.6 Å². The van der Waals surface area contributed by atoms with Gasteiger partial charge >= 0.3 is 0 Å². The highest BCUT2D eigenvalue weighted by molar-refractivity contribution is 4.96. The number of methoxy groups -OCH3 is 1. The molecule has 2 N–H and O–H groups in total. The van der Waals surface area contributed by atoms with Crippen LogP contribution in [0.15, 0.2) is 0 Å². The van der Waals surface area contributed by atoms with Crippen LogP contribution in [0, 0.1) is 0 Å². The number of hydrogen-bond acceptors (Lipinski definition) is 4. The van der Waals surface area contributed by atoms with Gasteiger partial charge in [-0.15, -0.1) is 0 Å². The van der Waals surface area contributed by atoms with Crippen molar-refractivity contribution in [1.82, 2.24) is 5.32 Å². The standard InChI is InChI=1S/C12H25NO3/c1-10(2,3)16-12(5,15-6)13-9-7-11(4,14)8-9/h9,13-14H,7-8H2,1-6H3. The minimum absolute atomic E-state index is 0.252. The molecule has 0 aromatic rings. The van der Waals surface area contributed by atoms with Gasteiger partial charge in [0.25, 0.3) is 0 Å². The zero-order valence-electron chi connectivity index (χ0n) is 11.3. The fourth-order valence-corrected chi connectivity index (χ4v) is 2.19. The van der Waals surface area contributed by atoms with Crippen molar-refractivity contribution in [2.75, 3.05) is 7.11 Å². The molecule has 0 bridgehead atoms. The van der Waals surface area contributed by atoms with E-state index in [1.54, 1.807) is 7.11 Å². The lowest BCUT2D eigenvalue weighted by molar-refractivity contribution is -0.283. The Bertz CT molecular complexity index is 239. The fourth-order valence-electron chi connectivity index (χ4n) is 2.19. The van der Waals surface area contributed by atoms with Gasteiger partial charge in [-0.05, 0) is 40.5 Å². The molecule has 1 aliphatic rings. The van der Waals surface area contributed by atoms with E-state index in [9.17, 15) is 5.11 Å². The van der Waals surface area contributed by atoms with E-state index >= 15 is 0 Å². The summed E-state index contributed by atoms with van der Waals surface area (Å²) in [6.07, 6.45) is 1.47. The summed E-state index contributed by atoms with van der Waals surface area (Å²) in [5.74, 6) is -0.792. The van der Waals surface area contributed by atoms with Crippen LogP contribution in [0.25, 0.3) is 0 Å². The molecule has 1 saturated carbocycles. The van der Waals surface area contributed by atoms with Crippen LogP contribution in [0.4, 0.5) is 0 Å². The average Bonchev–Trinajstić information content (AvgIpc) is 1.97. The van der Waals surface area contributed by atoms with Crippen LogP contribution in [0.5, 0.6) is 0 Å². The van der Waals surface area contributed by atoms with Crippen LogP contribution in [0.2, 0.25) is 0 Å². The molecule has 96 valence electrons. The van der Waals surface area contributed by atoms with E-state index in [0.717, 1.165) is 12.8 Å². The van der Waals surface area contributed by atoms with Crippen LogP contribution < -0.4 is 5.32 Å². The fraction of sp³-hybridized carbons (Fsp3) is 1.00. The molecule has 1 rings (SSSR count). The minimum atomic E-state index is -0.792. The molecule has 0 radical (unpaired) electrons. The first kappa shape index (κ1) is 13.9. The van der Waals surface area contributed by atoms with Crippen molar-refractivity contribution in [2.45, 2.75) is 70.6 Å². The first-order chi connectivity index (χ1) is 7.05. The molecular weight excluding hydrogens is 206 g/mol. The second kappa shape index (κ2) is 4.26. The predicted octanol–water partition coefficient (Wildman–Crippen LogP) is 1.62. The van der Waals surface area contributed by atoms with Gasteiger partial charge in [0.1, 0.15) is 0 Å². The third kappa shape index (κ3) is 4.01. The van der Waals surface area contributed by atoms with Gasteiger partial charge in [-0.1, -0.05) is 0 Å². The van der Waals surface area contributed by atoms with Gasteiger partial charge in [0.05, 0.1) is 11.2 Å². The second-order valence-corrected chi connectivity index (χ2v) is 6.11. The third-order valence-corrected chi connectivity index (χ3v) is 2.73. The maximum absolute atomic E-state index is 9.66. The summed E-state index contributed by atoms with van der Waals surface area (Å²) >= 11 is 0. The van der Waals surface area contributed by atoms with Crippen molar-refractivity contribution in [1.29, 1.82) is 0 Å². The summed E-state index contributed by atoms with van der Waals surface area (Å²) in [6, 6.07) is 0.252. The molecule has 0 aliphatic heterocycles. The largest absolute Gasteiger partial charge is 0.390 e. The van der Waals surface area contributed by atoms with E-state index in [0.29, 0.717) is 0 Å². The van der Waals surface area contributed by atoms with Crippen molar-refractivity contribution in [3.05, 3.63) is 0 Å². The highest BCUT2D eigenvalue weighted by Crippen LogP contribution is 2.33. The first-order valence-electron chi connectivity index (χ1n) is 5.81. The normalized spacial score (nSPS) is 34.3. The smallest absolute Gasteiger partial charge is 0.224 e. The van der Waals surface area contributed by atoms with Gasteiger partial charge in [-0.25, -0.2) is 0 Å². The van der Waals surface area contributed by atoms with Crippen molar-refractivity contribution in [3.8, 4) is 0 Å². The molecule has 0 aromatic heterocycles. The summed E-state index contributed by atoms with van der Waals surface area (Å²) < 4.78 is 11.2. The molecule has 0 aromatic carbocycles. The number of nitrogens with one attached hydrogen (secondary N) is 1. The quantitative estimate of drug-likeness (QED) is 0.722. The average molecular weight is 231 g/mol. The van der Waals surface area contributed by atoms with Crippen LogP contribution >= 0.6 is 0 Å². The van der Waals surface area contributed by atoms with Crippen LogP contribution in [-0.4, -0.2) is 35.4 Å². The van der Waals surface area contributed by atoms with Gasteiger partial charge < -0.3 is 14.6 Å². The maximum Gasteiger partial charge on any atom is 0.224 e. The molecule has 4 heteroatoms. The Labute approximate surface area is 98.3 Å². The Hall–Kier alpha value is -0.160. The third-order valence-electron chi connectivity index (χ3n) is 2.73. The SMILES string of the molecule is COC(C)(NC1CC(C)(O)C1)OC(C)(C)C. The first-order valence-corrected chi connectivity index (χ1v) is 5.81. The van der Waals surface area contributed by atoms with Crippen molar-refractivity contribution in [2.24, 2.45) is 0 Å². The van der Waals surface area contributed by atoms with Crippen LogP contribution in [-0.2, 0) is 9.47 Å². The lowest BCUT2D eigenvalue weighted by Crippen LogP contribution is -2.61. The molecule has 1 unspecified atom stereocenters. The van der Waals surface area contributed by atoms with Crippen molar-refractivity contribution in [3.63, 3.8) is 0 Å². The second-order valence-electron chi connectivity index (χ2n) is 6.11.